The van der Waals surface area contributed by atoms with Crippen LogP contribution in [0.25, 0.3) is 0 Å². The summed E-state index contributed by atoms with van der Waals surface area (Å²) < 4.78 is 32.4. The highest BCUT2D eigenvalue weighted by atomic mass is 19.1. The summed E-state index contributed by atoms with van der Waals surface area (Å²) >= 11 is 0. The van der Waals surface area contributed by atoms with Crippen LogP contribution in [-0.2, 0) is 4.79 Å². The quantitative estimate of drug-likeness (QED) is 0.876. The fourth-order valence-corrected chi connectivity index (χ4v) is 3.01. The van der Waals surface area contributed by atoms with Crippen molar-refractivity contribution in [2.75, 3.05) is 19.7 Å². The van der Waals surface area contributed by atoms with Crippen molar-refractivity contribution in [3.8, 4) is 5.75 Å². The molecule has 3 rings (SSSR count). The molecule has 5 nitrogen and oxygen atoms in total. The lowest BCUT2D eigenvalue weighted by atomic mass is 10.0. The minimum Gasteiger partial charge on any atom is -0.481 e. The van der Waals surface area contributed by atoms with E-state index in [4.69, 9.17) is 4.74 Å². The molecule has 0 saturated carbocycles. The first-order chi connectivity index (χ1) is 13.0. The fourth-order valence-electron chi connectivity index (χ4n) is 3.01. The fraction of sp³-hybridized carbons (Fsp3) is 0.300. The first-order valence-electron chi connectivity index (χ1n) is 8.75. The van der Waals surface area contributed by atoms with Crippen molar-refractivity contribution in [2.45, 2.75) is 18.9 Å². The van der Waals surface area contributed by atoms with Gasteiger partial charge in [0, 0.05) is 19.1 Å². The number of nitrogens with one attached hydrogen (secondary N) is 1. The molecule has 2 aromatic carbocycles. The van der Waals surface area contributed by atoms with Gasteiger partial charge in [0.15, 0.2) is 18.2 Å². The van der Waals surface area contributed by atoms with Gasteiger partial charge in [-0.15, -0.1) is 0 Å². The molecule has 7 heteroatoms. The summed E-state index contributed by atoms with van der Waals surface area (Å²) in [6, 6.07) is 11.7. The Bertz CT molecular complexity index is 820. The van der Waals surface area contributed by atoms with Crippen molar-refractivity contribution < 1.29 is 23.1 Å². The number of hydrogen-bond donors (Lipinski definition) is 1. The summed E-state index contributed by atoms with van der Waals surface area (Å²) in [6.45, 7) is 0.563. The lowest BCUT2D eigenvalue weighted by Gasteiger charge is -2.32. The molecule has 1 fully saturated rings. The first kappa shape index (κ1) is 18.8. The van der Waals surface area contributed by atoms with Crippen LogP contribution in [0.5, 0.6) is 5.75 Å². The highest BCUT2D eigenvalue weighted by Crippen LogP contribution is 2.17. The van der Waals surface area contributed by atoms with Gasteiger partial charge >= 0.3 is 0 Å². The number of benzene rings is 2. The zero-order valence-corrected chi connectivity index (χ0v) is 14.7. The zero-order valence-electron chi connectivity index (χ0n) is 14.7. The third-order valence-electron chi connectivity index (χ3n) is 4.45. The summed E-state index contributed by atoms with van der Waals surface area (Å²) in [5.41, 5.74) is 0.0540. The van der Waals surface area contributed by atoms with Crippen molar-refractivity contribution in [2.24, 2.45) is 0 Å². The lowest BCUT2D eigenvalue weighted by molar-refractivity contribution is -0.124. The number of carbonyl (C=O) groups excluding carboxylic acids is 2. The number of amides is 2. The van der Waals surface area contributed by atoms with Crippen molar-refractivity contribution in [3.63, 3.8) is 0 Å². The van der Waals surface area contributed by atoms with E-state index in [0.29, 0.717) is 25.9 Å². The predicted octanol–water partition coefficient (Wildman–Crippen LogP) is 2.76. The van der Waals surface area contributed by atoms with Gasteiger partial charge in [0.25, 0.3) is 11.8 Å². The molecule has 0 bridgehead atoms. The lowest BCUT2D eigenvalue weighted by Crippen LogP contribution is -2.47. The number of piperidine rings is 1. The van der Waals surface area contributed by atoms with E-state index >= 15 is 0 Å². The molecule has 1 saturated heterocycles. The molecule has 0 atom stereocenters. The Labute approximate surface area is 155 Å². The van der Waals surface area contributed by atoms with Gasteiger partial charge < -0.3 is 15.0 Å². The molecule has 1 N–H and O–H groups in total. The maximum Gasteiger partial charge on any atom is 0.258 e. The Balaban J connectivity index is 1.45. The van der Waals surface area contributed by atoms with Crippen LogP contribution >= 0.6 is 0 Å². The number of carbonyl (C=O) groups is 2. The van der Waals surface area contributed by atoms with E-state index in [2.05, 4.69) is 5.32 Å². The number of para-hydroxylation sites is 1. The largest absolute Gasteiger partial charge is 0.481 e. The molecule has 2 amide bonds. The van der Waals surface area contributed by atoms with Gasteiger partial charge in [-0.25, -0.2) is 8.78 Å². The van der Waals surface area contributed by atoms with Crippen LogP contribution in [0.4, 0.5) is 8.78 Å². The highest BCUT2D eigenvalue weighted by molar-refractivity contribution is 5.94. The molecular weight excluding hydrogens is 354 g/mol. The summed E-state index contributed by atoms with van der Waals surface area (Å²) in [7, 11) is 0. The van der Waals surface area contributed by atoms with Crippen LogP contribution in [0.15, 0.2) is 48.5 Å². The van der Waals surface area contributed by atoms with Crippen LogP contribution in [0.3, 0.4) is 0 Å². The first-order valence-corrected chi connectivity index (χ1v) is 8.75. The third kappa shape index (κ3) is 4.81. The molecular formula is C20H20F2N2O3. The van der Waals surface area contributed by atoms with E-state index in [1.54, 1.807) is 23.1 Å². The van der Waals surface area contributed by atoms with Crippen molar-refractivity contribution in [3.05, 3.63) is 65.7 Å². The molecule has 142 valence electrons. The predicted molar refractivity (Wildman–Crippen MR) is 95.4 cm³/mol. The summed E-state index contributed by atoms with van der Waals surface area (Å²) in [5, 5.41) is 2.82. The van der Waals surface area contributed by atoms with Crippen LogP contribution in [-0.4, -0.2) is 42.5 Å². The zero-order chi connectivity index (χ0) is 19.2. The van der Waals surface area contributed by atoms with Crippen LogP contribution in [0.2, 0.25) is 0 Å². The number of nitrogens with zero attached hydrogens (tertiary/aromatic N) is 1. The molecule has 0 spiro atoms. The van der Waals surface area contributed by atoms with Crippen molar-refractivity contribution in [1.29, 1.82) is 0 Å². The monoisotopic (exact) mass is 374 g/mol. The molecule has 0 radical (unpaired) electrons. The van der Waals surface area contributed by atoms with E-state index in [0.717, 1.165) is 0 Å². The average molecular weight is 374 g/mol. The summed E-state index contributed by atoms with van der Waals surface area (Å²) in [4.78, 5) is 26.0. The normalized spacial score (nSPS) is 14.7. The smallest absolute Gasteiger partial charge is 0.258 e. The number of hydrogen-bond acceptors (Lipinski definition) is 3. The number of rotatable bonds is 5. The standard InChI is InChI=1S/C20H20F2N2O3/c21-16-6-2-1-5-15(16)20(26)24-11-9-14(10-12-24)23-19(25)13-27-18-8-4-3-7-17(18)22/h1-8,14H,9-13H2,(H,23,25). The van der Waals surface area contributed by atoms with Gasteiger partial charge in [-0.05, 0) is 37.1 Å². The van der Waals surface area contributed by atoms with Gasteiger partial charge in [0.05, 0.1) is 5.56 Å². The molecule has 0 aliphatic carbocycles. The van der Waals surface area contributed by atoms with Crippen LogP contribution in [0, 0.1) is 11.6 Å². The minimum atomic E-state index is -0.539. The second-order valence-corrected chi connectivity index (χ2v) is 6.33. The van der Waals surface area contributed by atoms with Gasteiger partial charge in [0.2, 0.25) is 0 Å². The number of halogens is 2. The van der Waals surface area contributed by atoms with Crippen molar-refractivity contribution >= 4 is 11.8 Å². The number of ether oxygens (including phenoxy) is 1. The Hall–Kier alpha value is -2.96. The van der Waals surface area contributed by atoms with E-state index in [-0.39, 0.29) is 35.8 Å². The van der Waals surface area contributed by atoms with Gasteiger partial charge in [0.1, 0.15) is 5.82 Å². The van der Waals surface area contributed by atoms with Crippen LogP contribution < -0.4 is 10.1 Å². The van der Waals surface area contributed by atoms with Crippen LogP contribution in [0.1, 0.15) is 23.2 Å². The third-order valence-corrected chi connectivity index (χ3v) is 4.45. The molecule has 1 aliphatic rings. The topological polar surface area (TPSA) is 58.6 Å². The van der Waals surface area contributed by atoms with Gasteiger partial charge in [-0.1, -0.05) is 24.3 Å². The molecule has 1 aliphatic heterocycles. The minimum absolute atomic E-state index is 0.0259. The Morgan fingerprint density at radius 3 is 2.30 bits per heavy atom. The van der Waals surface area contributed by atoms with E-state index < -0.39 is 11.6 Å². The SMILES string of the molecule is O=C(COc1ccccc1F)NC1CCN(C(=O)c2ccccc2F)CC1. The van der Waals surface area contributed by atoms with Gasteiger partial charge in [-0.3, -0.25) is 9.59 Å². The maximum atomic E-state index is 13.8. The van der Waals surface area contributed by atoms with E-state index in [1.165, 1.54) is 30.3 Å². The molecule has 27 heavy (non-hydrogen) atoms. The Morgan fingerprint density at radius 1 is 1.00 bits per heavy atom. The highest BCUT2D eigenvalue weighted by Gasteiger charge is 2.26. The molecule has 0 unspecified atom stereocenters. The second kappa shape index (κ2) is 8.62. The summed E-state index contributed by atoms with van der Waals surface area (Å²) in [6.07, 6.45) is 1.12. The summed E-state index contributed by atoms with van der Waals surface area (Å²) in [5.74, 6) is -1.73. The van der Waals surface area contributed by atoms with E-state index in [9.17, 15) is 18.4 Å². The van der Waals surface area contributed by atoms with Crippen molar-refractivity contribution in [1.82, 2.24) is 10.2 Å². The molecule has 2 aromatic rings. The average Bonchev–Trinajstić information content (AvgIpc) is 2.68. The molecule has 1 heterocycles. The number of likely N-dealkylation sites (tertiary alicyclic amines) is 1. The van der Waals surface area contributed by atoms with Gasteiger partial charge in [-0.2, -0.15) is 0 Å². The second-order valence-electron chi connectivity index (χ2n) is 6.33. The Morgan fingerprint density at radius 2 is 1.63 bits per heavy atom. The van der Waals surface area contributed by atoms with E-state index in [1.807, 2.05) is 0 Å². The Kier molecular flexibility index (Phi) is 6.01. The molecule has 0 aromatic heterocycles. The maximum absolute atomic E-state index is 13.8.